The van der Waals surface area contributed by atoms with Gasteiger partial charge in [-0.25, -0.2) is 0 Å². The van der Waals surface area contributed by atoms with Crippen molar-refractivity contribution in [2.45, 2.75) is 71.7 Å². The van der Waals surface area contributed by atoms with Crippen LogP contribution in [0.25, 0.3) is 0 Å². The third-order valence-electron chi connectivity index (χ3n) is 3.87. The molecule has 0 saturated heterocycles. The summed E-state index contributed by atoms with van der Waals surface area (Å²) in [5.41, 5.74) is 0. The number of aldehydes is 1. The van der Waals surface area contributed by atoms with Crippen LogP contribution in [0.4, 0.5) is 0 Å². The van der Waals surface area contributed by atoms with Crippen LogP contribution in [0.3, 0.4) is 0 Å². The van der Waals surface area contributed by atoms with Gasteiger partial charge < -0.3 is 9.22 Å². The molecule has 3 heteroatoms. The first-order valence-electron chi connectivity index (χ1n) is 6.27. The Labute approximate surface area is 102 Å². The minimum Gasteiger partial charge on any atom is -0.414 e. The van der Waals surface area contributed by atoms with Crippen molar-refractivity contribution in [2.24, 2.45) is 5.92 Å². The maximum Gasteiger partial charge on any atom is 0.192 e. The van der Waals surface area contributed by atoms with Crippen LogP contribution in [-0.4, -0.2) is 20.7 Å². The first-order valence-corrected chi connectivity index (χ1v) is 9.18. The van der Waals surface area contributed by atoms with Crippen LogP contribution >= 0.6 is 0 Å². The fourth-order valence-corrected chi connectivity index (χ4v) is 3.03. The molecule has 0 aliphatic carbocycles. The molecule has 0 aliphatic heterocycles. The van der Waals surface area contributed by atoms with Crippen molar-refractivity contribution >= 4 is 14.6 Å². The number of carbonyl (C=O) groups is 1. The molecule has 0 fully saturated rings. The highest BCUT2D eigenvalue weighted by molar-refractivity contribution is 6.74. The molecule has 0 amide bonds. The largest absolute Gasteiger partial charge is 0.414 e. The molecule has 0 bridgehead atoms. The summed E-state index contributed by atoms with van der Waals surface area (Å²) in [5, 5.41) is 0.237. The van der Waals surface area contributed by atoms with Gasteiger partial charge in [-0.15, -0.1) is 0 Å². The molecule has 0 aromatic heterocycles. The van der Waals surface area contributed by atoms with Gasteiger partial charge in [-0.05, 0) is 31.0 Å². The first-order chi connectivity index (χ1) is 7.15. The van der Waals surface area contributed by atoms with Gasteiger partial charge in [-0.2, -0.15) is 0 Å². The summed E-state index contributed by atoms with van der Waals surface area (Å²) in [4.78, 5) is 10.6. The van der Waals surface area contributed by atoms with Crippen molar-refractivity contribution < 1.29 is 9.22 Å². The summed E-state index contributed by atoms with van der Waals surface area (Å²) in [6.07, 6.45) is 2.83. The Hall–Kier alpha value is -0.153. The smallest absolute Gasteiger partial charge is 0.192 e. The lowest BCUT2D eigenvalue weighted by Crippen LogP contribution is -2.45. The molecule has 96 valence electrons. The second kappa shape index (κ2) is 5.96. The van der Waals surface area contributed by atoms with Gasteiger partial charge in [-0.1, -0.05) is 34.1 Å². The minimum atomic E-state index is -1.69. The van der Waals surface area contributed by atoms with Gasteiger partial charge in [0.25, 0.3) is 0 Å². The second-order valence-electron chi connectivity index (χ2n) is 6.15. The molecular weight excluding hydrogens is 216 g/mol. The SMILES string of the molecule is CC[C@@H](CC=O)[C@@H](C)O[Si](C)(C)C(C)(C)C. The third-order valence-corrected chi connectivity index (χ3v) is 8.45. The molecule has 16 heavy (non-hydrogen) atoms. The second-order valence-corrected chi connectivity index (χ2v) is 10.9. The van der Waals surface area contributed by atoms with Crippen molar-refractivity contribution in [1.82, 2.24) is 0 Å². The number of hydrogen-bond donors (Lipinski definition) is 0. The van der Waals surface area contributed by atoms with Crippen LogP contribution < -0.4 is 0 Å². The molecule has 0 aromatic rings. The molecule has 0 spiro atoms. The van der Waals surface area contributed by atoms with E-state index in [0.717, 1.165) is 12.7 Å². The lowest BCUT2D eigenvalue weighted by molar-refractivity contribution is -0.109. The fourth-order valence-electron chi connectivity index (χ4n) is 1.55. The average molecular weight is 244 g/mol. The minimum absolute atomic E-state index is 0.191. The zero-order valence-corrected chi connectivity index (χ0v) is 13.0. The normalized spacial score (nSPS) is 16.9. The Morgan fingerprint density at radius 1 is 1.31 bits per heavy atom. The lowest BCUT2D eigenvalue weighted by Gasteiger charge is -2.40. The average Bonchev–Trinajstić information content (AvgIpc) is 2.11. The summed E-state index contributed by atoms with van der Waals surface area (Å²) in [5.74, 6) is 0.367. The number of rotatable bonds is 6. The lowest BCUT2D eigenvalue weighted by atomic mass is 9.98. The molecule has 0 unspecified atom stereocenters. The van der Waals surface area contributed by atoms with E-state index in [4.69, 9.17) is 4.43 Å². The van der Waals surface area contributed by atoms with E-state index in [1.54, 1.807) is 0 Å². The third kappa shape index (κ3) is 4.38. The van der Waals surface area contributed by atoms with E-state index in [-0.39, 0.29) is 11.1 Å². The van der Waals surface area contributed by atoms with Crippen LogP contribution in [-0.2, 0) is 9.22 Å². The Kier molecular flexibility index (Phi) is 5.91. The number of carbonyl (C=O) groups excluding carboxylic acids is 1. The quantitative estimate of drug-likeness (QED) is 0.521. The Balaban J connectivity index is 4.53. The highest BCUT2D eigenvalue weighted by atomic mass is 28.4. The molecular formula is C13H28O2Si. The monoisotopic (exact) mass is 244 g/mol. The summed E-state index contributed by atoms with van der Waals surface area (Å²) in [7, 11) is -1.69. The fraction of sp³-hybridized carbons (Fsp3) is 0.923. The maximum absolute atomic E-state index is 10.6. The van der Waals surface area contributed by atoms with Gasteiger partial charge in [0.1, 0.15) is 6.29 Å². The molecule has 2 nitrogen and oxygen atoms in total. The van der Waals surface area contributed by atoms with E-state index in [2.05, 4.69) is 47.7 Å². The molecule has 0 aromatic carbocycles. The zero-order valence-electron chi connectivity index (χ0n) is 12.0. The molecule has 0 saturated carbocycles. The van der Waals surface area contributed by atoms with Gasteiger partial charge >= 0.3 is 0 Å². The zero-order chi connectivity index (χ0) is 13.0. The van der Waals surface area contributed by atoms with Crippen LogP contribution in [0.2, 0.25) is 18.1 Å². The predicted molar refractivity (Wildman–Crippen MR) is 72.2 cm³/mol. The highest BCUT2D eigenvalue weighted by Crippen LogP contribution is 2.38. The van der Waals surface area contributed by atoms with Gasteiger partial charge in [0, 0.05) is 12.5 Å². The van der Waals surface area contributed by atoms with Crippen molar-refractivity contribution in [2.75, 3.05) is 0 Å². The van der Waals surface area contributed by atoms with Crippen LogP contribution in [0.5, 0.6) is 0 Å². The van der Waals surface area contributed by atoms with E-state index in [1.807, 2.05) is 0 Å². The molecule has 2 atom stereocenters. The molecule has 0 radical (unpaired) electrons. The Bertz CT molecular complexity index is 218. The van der Waals surface area contributed by atoms with Crippen molar-refractivity contribution in [3.63, 3.8) is 0 Å². The maximum atomic E-state index is 10.6. The van der Waals surface area contributed by atoms with Crippen molar-refractivity contribution in [3.8, 4) is 0 Å². The predicted octanol–water partition coefficient (Wildman–Crippen LogP) is 4.01. The Morgan fingerprint density at radius 3 is 2.12 bits per heavy atom. The molecule has 0 rings (SSSR count). The summed E-state index contributed by atoms with van der Waals surface area (Å²) in [6, 6.07) is 0. The molecule has 0 N–H and O–H groups in total. The Morgan fingerprint density at radius 2 is 1.81 bits per heavy atom. The standard InChI is InChI=1S/C13H28O2Si/c1-8-12(9-10-14)11(2)15-16(6,7)13(3,4)5/h10-12H,8-9H2,1-7H3/t11-,12+/m1/s1. The van der Waals surface area contributed by atoms with E-state index in [0.29, 0.717) is 12.3 Å². The van der Waals surface area contributed by atoms with E-state index in [9.17, 15) is 4.79 Å². The van der Waals surface area contributed by atoms with E-state index < -0.39 is 8.32 Å². The topological polar surface area (TPSA) is 26.3 Å². The van der Waals surface area contributed by atoms with Crippen molar-refractivity contribution in [1.29, 1.82) is 0 Å². The highest BCUT2D eigenvalue weighted by Gasteiger charge is 2.39. The van der Waals surface area contributed by atoms with Crippen LogP contribution in [0, 0.1) is 5.92 Å². The van der Waals surface area contributed by atoms with Crippen LogP contribution in [0.15, 0.2) is 0 Å². The molecule has 0 heterocycles. The summed E-state index contributed by atoms with van der Waals surface area (Å²) >= 11 is 0. The van der Waals surface area contributed by atoms with E-state index >= 15 is 0 Å². The summed E-state index contributed by atoms with van der Waals surface area (Å²) in [6.45, 7) is 15.5. The van der Waals surface area contributed by atoms with Crippen LogP contribution in [0.1, 0.15) is 47.5 Å². The summed E-state index contributed by atoms with van der Waals surface area (Å²) < 4.78 is 6.29. The number of hydrogen-bond acceptors (Lipinski definition) is 2. The van der Waals surface area contributed by atoms with Gasteiger partial charge in [0.05, 0.1) is 0 Å². The first kappa shape index (κ1) is 15.8. The van der Waals surface area contributed by atoms with Gasteiger partial charge in [0.2, 0.25) is 0 Å². The van der Waals surface area contributed by atoms with Gasteiger partial charge in [-0.3, -0.25) is 0 Å². The molecule has 0 aliphatic rings. The van der Waals surface area contributed by atoms with E-state index in [1.165, 1.54) is 0 Å². The van der Waals surface area contributed by atoms with Crippen molar-refractivity contribution in [3.05, 3.63) is 0 Å². The van der Waals surface area contributed by atoms with Gasteiger partial charge in [0.15, 0.2) is 8.32 Å².